The molecule has 0 aliphatic carbocycles. The third-order valence-electron chi connectivity index (χ3n) is 4.43. The van der Waals surface area contributed by atoms with Crippen LogP contribution in [-0.4, -0.2) is 58.3 Å². The Bertz CT molecular complexity index is 945. The van der Waals surface area contributed by atoms with Gasteiger partial charge in [-0.2, -0.15) is 0 Å². The second kappa shape index (κ2) is 9.68. The normalized spacial score (nSPS) is 10.2. The summed E-state index contributed by atoms with van der Waals surface area (Å²) in [6.07, 6.45) is 0. The highest BCUT2D eigenvalue weighted by Crippen LogP contribution is 2.46. The number of hydrogen-bond acceptors (Lipinski definition) is 8. The molecule has 0 bridgehead atoms. The van der Waals surface area contributed by atoms with Gasteiger partial charge in [0.15, 0.2) is 17.2 Å². The van der Waals surface area contributed by atoms with Crippen LogP contribution in [0.5, 0.6) is 28.7 Å². The summed E-state index contributed by atoms with van der Waals surface area (Å²) in [6, 6.07) is 6.49. The average Bonchev–Trinajstić information content (AvgIpc) is 2.76. The molecule has 0 aliphatic heterocycles. The van der Waals surface area contributed by atoms with Gasteiger partial charge in [0.25, 0.3) is 5.91 Å². The van der Waals surface area contributed by atoms with Gasteiger partial charge in [-0.05, 0) is 17.7 Å². The Morgan fingerprint density at radius 1 is 0.900 bits per heavy atom. The topological polar surface area (TPSA) is 110 Å². The minimum absolute atomic E-state index is 0.0331. The van der Waals surface area contributed by atoms with Crippen molar-refractivity contribution in [3.8, 4) is 28.7 Å². The van der Waals surface area contributed by atoms with Crippen molar-refractivity contribution >= 4 is 11.6 Å². The molecule has 30 heavy (non-hydrogen) atoms. The smallest absolute Gasteiger partial charge is 0.327 e. The maximum atomic E-state index is 13.1. The van der Waals surface area contributed by atoms with Crippen LogP contribution in [0.25, 0.3) is 0 Å². The number of nitro benzene ring substituents is 1. The van der Waals surface area contributed by atoms with Gasteiger partial charge in [-0.25, -0.2) is 0 Å². The molecule has 0 radical (unpaired) electrons. The fraction of sp³-hybridized carbons (Fsp3) is 0.350. The van der Waals surface area contributed by atoms with Gasteiger partial charge in [0.2, 0.25) is 11.5 Å². The lowest BCUT2D eigenvalue weighted by molar-refractivity contribution is -0.386. The van der Waals surface area contributed by atoms with E-state index >= 15 is 0 Å². The molecule has 0 unspecified atom stereocenters. The molecule has 0 saturated heterocycles. The molecular weight excluding hydrogens is 396 g/mol. The number of benzene rings is 2. The van der Waals surface area contributed by atoms with Gasteiger partial charge in [0, 0.05) is 19.7 Å². The average molecular weight is 420 g/mol. The summed E-state index contributed by atoms with van der Waals surface area (Å²) in [5.41, 5.74) is 0.0652. The van der Waals surface area contributed by atoms with Crippen LogP contribution in [0.3, 0.4) is 0 Å². The van der Waals surface area contributed by atoms with Gasteiger partial charge < -0.3 is 28.6 Å². The first-order chi connectivity index (χ1) is 14.3. The molecule has 1 amide bonds. The Hall–Kier alpha value is -3.69. The number of methoxy groups -OCH3 is 5. The van der Waals surface area contributed by atoms with Crippen molar-refractivity contribution in [3.05, 3.63) is 45.5 Å². The monoisotopic (exact) mass is 420 g/mol. The zero-order valence-electron chi connectivity index (χ0n) is 17.7. The summed E-state index contributed by atoms with van der Waals surface area (Å²) in [5, 5.41) is 11.7. The van der Waals surface area contributed by atoms with Crippen LogP contribution < -0.4 is 23.7 Å². The fourth-order valence-electron chi connectivity index (χ4n) is 3.02. The van der Waals surface area contributed by atoms with E-state index in [2.05, 4.69) is 0 Å². The molecule has 10 nitrogen and oxygen atoms in total. The van der Waals surface area contributed by atoms with E-state index in [9.17, 15) is 14.9 Å². The molecule has 0 atom stereocenters. The first kappa shape index (κ1) is 22.6. The van der Waals surface area contributed by atoms with Gasteiger partial charge in [-0.15, -0.1) is 0 Å². The minimum atomic E-state index is -0.682. The molecule has 2 rings (SSSR count). The summed E-state index contributed by atoms with van der Waals surface area (Å²) < 4.78 is 26.1. The summed E-state index contributed by atoms with van der Waals surface area (Å²) >= 11 is 0. The van der Waals surface area contributed by atoms with E-state index in [-0.39, 0.29) is 29.4 Å². The van der Waals surface area contributed by atoms with E-state index in [1.807, 2.05) is 0 Å². The molecule has 162 valence electrons. The van der Waals surface area contributed by atoms with Crippen LogP contribution in [0.4, 0.5) is 5.69 Å². The maximum Gasteiger partial charge on any atom is 0.327 e. The molecule has 0 heterocycles. The lowest BCUT2D eigenvalue weighted by Crippen LogP contribution is -2.27. The van der Waals surface area contributed by atoms with Gasteiger partial charge in [-0.3, -0.25) is 14.9 Å². The van der Waals surface area contributed by atoms with Crippen LogP contribution in [0.2, 0.25) is 0 Å². The molecule has 10 heteroatoms. The van der Waals surface area contributed by atoms with E-state index in [1.165, 1.54) is 53.6 Å². The van der Waals surface area contributed by atoms with E-state index < -0.39 is 16.5 Å². The Morgan fingerprint density at radius 3 is 2.00 bits per heavy atom. The van der Waals surface area contributed by atoms with Crippen LogP contribution in [-0.2, 0) is 6.54 Å². The highest BCUT2D eigenvalue weighted by atomic mass is 16.6. The summed E-state index contributed by atoms with van der Waals surface area (Å²) in [7, 11) is 8.52. The number of nitrogens with zero attached hydrogens (tertiary/aromatic N) is 2. The largest absolute Gasteiger partial charge is 0.493 e. The molecule has 0 spiro atoms. The van der Waals surface area contributed by atoms with Crippen molar-refractivity contribution in [2.45, 2.75) is 6.54 Å². The summed E-state index contributed by atoms with van der Waals surface area (Å²) in [4.78, 5) is 25.5. The van der Waals surface area contributed by atoms with Gasteiger partial charge >= 0.3 is 5.69 Å². The lowest BCUT2D eigenvalue weighted by atomic mass is 10.1. The van der Waals surface area contributed by atoms with E-state index in [4.69, 9.17) is 23.7 Å². The van der Waals surface area contributed by atoms with Crippen molar-refractivity contribution in [1.82, 2.24) is 4.90 Å². The van der Waals surface area contributed by atoms with Crippen LogP contribution in [0, 0.1) is 10.1 Å². The summed E-state index contributed by atoms with van der Waals surface area (Å²) in [5.74, 6) is 0.458. The zero-order valence-corrected chi connectivity index (χ0v) is 17.7. The van der Waals surface area contributed by atoms with Crippen molar-refractivity contribution in [2.24, 2.45) is 0 Å². The van der Waals surface area contributed by atoms with Crippen LogP contribution in [0.1, 0.15) is 15.9 Å². The number of amides is 1. The Balaban J connectivity index is 2.48. The quantitative estimate of drug-likeness (QED) is 0.450. The summed E-state index contributed by atoms with van der Waals surface area (Å²) in [6.45, 7) is 0.174. The highest BCUT2D eigenvalue weighted by Gasteiger charge is 2.33. The van der Waals surface area contributed by atoms with E-state index in [0.29, 0.717) is 11.5 Å². The van der Waals surface area contributed by atoms with Crippen molar-refractivity contribution < 1.29 is 33.4 Å². The van der Waals surface area contributed by atoms with E-state index in [0.717, 1.165) is 5.56 Å². The molecule has 0 aromatic heterocycles. The Morgan fingerprint density at radius 2 is 1.50 bits per heavy atom. The Kier molecular flexibility index (Phi) is 7.29. The van der Waals surface area contributed by atoms with Crippen LogP contribution in [0.15, 0.2) is 24.3 Å². The third kappa shape index (κ3) is 4.32. The number of ether oxygens (including phenoxy) is 5. The maximum absolute atomic E-state index is 13.1. The number of carbonyl (C=O) groups excluding carboxylic acids is 1. The predicted molar refractivity (Wildman–Crippen MR) is 108 cm³/mol. The number of carbonyl (C=O) groups is 1. The second-order valence-corrected chi connectivity index (χ2v) is 6.15. The van der Waals surface area contributed by atoms with Crippen LogP contribution >= 0.6 is 0 Å². The highest BCUT2D eigenvalue weighted by molar-refractivity contribution is 6.00. The van der Waals surface area contributed by atoms with Crippen molar-refractivity contribution in [2.75, 3.05) is 42.6 Å². The minimum Gasteiger partial charge on any atom is -0.493 e. The number of nitro groups is 1. The first-order valence-corrected chi connectivity index (χ1v) is 8.76. The molecule has 0 N–H and O–H groups in total. The third-order valence-corrected chi connectivity index (χ3v) is 4.43. The predicted octanol–water partition coefficient (Wildman–Crippen LogP) is 2.91. The van der Waals surface area contributed by atoms with Gasteiger partial charge in [0.05, 0.1) is 40.5 Å². The molecule has 2 aromatic carbocycles. The van der Waals surface area contributed by atoms with Crippen molar-refractivity contribution in [1.29, 1.82) is 0 Å². The standard InChI is InChI=1S/C20H24N2O8/c1-21(11-12-7-8-14(26-2)15(9-12)27-3)20(23)13-10-16(28-4)18(29-5)19(30-6)17(13)22(24)25/h7-10H,11H2,1-6H3. The lowest BCUT2D eigenvalue weighted by Gasteiger charge is -2.20. The SMILES string of the molecule is COc1ccc(CN(C)C(=O)c2cc(OC)c(OC)c(OC)c2[N+](=O)[O-])cc1OC. The first-order valence-electron chi connectivity index (χ1n) is 8.76. The fourth-order valence-corrected chi connectivity index (χ4v) is 3.02. The Labute approximate surface area is 174 Å². The number of rotatable bonds is 9. The molecular formula is C20H24N2O8. The second-order valence-electron chi connectivity index (χ2n) is 6.15. The molecule has 0 aliphatic rings. The number of hydrogen-bond donors (Lipinski definition) is 0. The zero-order chi connectivity index (χ0) is 22.4. The molecule has 0 fully saturated rings. The van der Waals surface area contributed by atoms with Gasteiger partial charge in [-0.1, -0.05) is 6.07 Å². The molecule has 2 aromatic rings. The van der Waals surface area contributed by atoms with E-state index in [1.54, 1.807) is 18.2 Å². The van der Waals surface area contributed by atoms with Crippen molar-refractivity contribution in [3.63, 3.8) is 0 Å². The molecule has 0 saturated carbocycles. The van der Waals surface area contributed by atoms with Gasteiger partial charge in [0.1, 0.15) is 5.56 Å².